The number of anilines is 2. The number of hydrogen-bond acceptors (Lipinski definition) is 4. The Kier molecular flexibility index (Phi) is 2.55. The lowest BCUT2D eigenvalue weighted by molar-refractivity contribution is 0.0690. The Balaban J connectivity index is 2.21. The van der Waals surface area contributed by atoms with Gasteiger partial charge in [-0.2, -0.15) is 4.98 Å². The van der Waals surface area contributed by atoms with Gasteiger partial charge in [-0.25, -0.2) is 9.18 Å². The summed E-state index contributed by atoms with van der Waals surface area (Å²) in [5.41, 5.74) is -0.0693. The Bertz CT molecular complexity index is 524. The number of nitrogens with zero attached hydrogens (tertiary/aromatic N) is 1. The Hall–Kier alpha value is -2.37. The second-order valence-electron chi connectivity index (χ2n) is 2.95. The third-order valence-electron chi connectivity index (χ3n) is 1.84. The van der Waals surface area contributed by atoms with Gasteiger partial charge in [0.25, 0.3) is 6.01 Å². The molecule has 82 valence electrons. The third-order valence-corrected chi connectivity index (χ3v) is 1.84. The second kappa shape index (κ2) is 4.01. The first-order valence-corrected chi connectivity index (χ1v) is 4.37. The number of carbonyl (C=O) groups is 1. The summed E-state index contributed by atoms with van der Waals surface area (Å²) in [5, 5.41) is 11.1. The van der Waals surface area contributed by atoms with Gasteiger partial charge in [0.2, 0.25) is 0 Å². The van der Waals surface area contributed by atoms with Gasteiger partial charge in [-0.1, -0.05) is 12.1 Å². The molecule has 2 N–H and O–H groups in total. The molecule has 0 radical (unpaired) electrons. The molecule has 0 aliphatic rings. The van der Waals surface area contributed by atoms with Gasteiger partial charge < -0.3 is 14.8 Å². The predicted molar refractivity (Wildman–Crippen MR) is 53.1 cm³/mol. The van der Waals surface area contributed by atoms with Crippen LogP contribution in [0, 0.1) is 5.82 Å². The maximum absolute atomic E-state index is 13.2. The van der Waals surface area contributed by atoms with Crippen LogP contribution in [0.1, 0.15) is 10.5 Å². The largest absolute Gasteiger partial charge is 0.476 e. The average molecular weight is 222 g/mol. The van der Waals surface area contributed by atoms with E-state index in [9.17, 15) is 9.18 Å². The fraction of sp³-hybridized carbons (Fsp3) is 0. The Morgan fingerprint density at radius 2 is 2.19 bits per heavy atom. The molecule has 1 aromatic heterocycles. The maximum atomic E-state index is 13.2. The van der Waals surface area contributed by atoms with Crippen LogP contribution in [0.25, 0.3) is 0 Å². The number of benzene rings is 1. The number of rotatable bonds is 3. The number of para-hydroxylation sites is 1. The summed E-state index contributed by atoms with van der Waals surface area (Å²) < 4.78 is 18.0. The van der Waals surface area contributed by atoms with Crippen LogP contribution < -0.4 is 5.32 Å². The van der Waals surface area contributed by atoms with Crippen LogP contribution in [-0.2, 0) is 0 Å². The lowest BCUT2D eigenvalue weighted by Crippen LogP contribution is -1.98. The van der Waals surface area contributed by atoms with Crippen molar-refractivity contribution in [1.82, 2.24) is 4.98 Å². The highest BCUT2D eigenvalue weighted by molar-refractivity contribution is 5.85. The van der Waals surface area contributed by atoms with Crippen LogP contribution >= 0.6 is 0 Å². The van der Waals surface area contributed by atoms with Gasteiger partial charge in [0.05, 0.1) is 5.69 Å². The maximum Gasteiger partial charge on any atom is 0.357 e. The van der Waals surface area contributed by atoms with Gasteiger partial charge in [-0.3, -0.25) is 0 Å². The monoisotopic (exact) mass is 222 g/mol. The van der Waals surface area contributed by atoms with E-state index in [1.807, 2.05) is 0 Å². The van der Waals surface area contributed by atoms with Crippen molar-refractivity contribution in [2.75, 3.05) is 5.32 Å². The van der Waals surface area contributed by atoms with Crippen molar-refractivity contribution >= 4 is 17.7 Å². The minimum atomic E-state index is -1.20. The van der Waals surface area contributed by atoms with Crippen LogP contribution in [0.2, 0.25) is 0 Å². The number of nitrogens with one attached hydrogen (secondary N) is 1. The molecule has 6 heteroatoms. The number of carboxylic acids is 1. The normalized spacial score (nSPS) is 10.1. The summed E-state index contributed by atoms with van der Waals surface area (Å²) in [6.07, 6.45) is 0.978. The summed E-state index contributed by atoms with van der Waals surface area (Å²) in [5.74, 6) is -1.68. The van der Waals surface area contributed by atoms with Crippen LogP contribution in [-0.4, -0.2) is 16.1 Å². The molecule has 2 aromatic rings. The minimum Gasteiger partial charge on any atom is -0.476 e. The fourth-order valence-electron chi connectivity index (χ4n) is 1.11. The molecule has 16 heavy (non-hydrogen) atoms. The molecule has 0 amide bonds. The summed E-state index contributed by atoms with van der Waals surface area (Å²) >= 11 is 0. The molecule has 1 heterocycles. The molecule has 0 saturated heterocycles. The zero-order chi connectivity index (χ0) is 11.5. The van der Waals surface area contributed by atoms with E-state index in [-0.39, 0.29) is 17.4 Å². The number of aromatic nitrogens is 1. The van der Waals surface area contributed by atoms with Gasteiger partial charge in [-0.15, -0.1) is 0 Å². The molecule has 5 nitrogen and oxygen atoms in total. The Labute approximate surface area is 89.5 Å². The van der Waals surface area contributed by atoms with Crippen LogP contribution in [0.15, 0.2) is 34.9 Å². The number of carboxylic acid groups (broad SMARTS) is 1. The van der Waals surface area contributed by atoms with E-state index in [0.717, 1.165) is 6.26 Å². The molecule has 0 bridgehead atoms. The third kappa shape index (κ3) is 2.00. The van der Waals surface area contributed by atoms with Crippen LogP contribution in [0.5, 0.6) is 0 Å². The molecule has 0 saturated carbocycles. The lowest BCUT2D eigenvalue weighted by Gasteiger charge is -2.01. The predicted octanol–water partition coefficient (Wildman–Crippen LogP) is 2.26. The molecule has 0 aliphatic heterocycles. The summed E-state index contributed by atoms with van der Waals surface area (Å²) in [4.78, 5) is 14.1. The van der Waals surface area contributed by atoms with E-state index in [0.29, 0.717) is 0 Å². The van der Waals surface area contributed by atoms with Crippen LogP contribution in [0.4, 0.5) is 16.1 Å². The second-order valence-corrected chi connectivity index (χ2v) is 2.95. The number of halogens is 1. The number of aromatic carboxylic acids is 1. The first kappa shape index (κ1) is 10.2. The van der Waals surface area contributed by atoms with E-state index >= 15 is 0 Å². The SMILES string of the molecule is O=C(O)c1coc(Nc2ccccc2F)n1. The van der Waals surface area contributed by atoms with Crippen molar-refractivity contribution in [2.24, 2.45) is 0 Å². The average Bonchev–Trinajstić information content (AvgIpc) is 2.70. The number of hydrogen-bond donors (Lipinski definition) is 2. The minimum absolute atomic E-state index is 0.0671. The summed E-state index contributed by atoms with van der Waals surface area (Å²) in [6.45, 7) is 0. The standard InChI is InChI=1S/C10H7FN2O3/c11-6-3-1-2-4-7(6)12-10-13-8(5-16-10)9(14)15/h1-5H,(H,12,13)(H,14,15). The first-order valence-electron chi connectivity index (χ1n) is 4.37. The topological polar surface area (TPSA) is 75.4 Å². The molecule has 0 unspecified atom stereocenters. The Morgan fingerprint density at radius 3 is 2.81 bits per heavy atom. The molecular weight excluding hydrogens is 215 g/mol. The summed E-state index contributed by atoms with van der Waals surface area (Å²) in [6, 6.07) is 5.86. The highest BCUT2D eigenvalue weighted by Gasteiger charge is 2.11. The smallest absolute Gasteiger partial charge is 0.357 e. The van der Waals surface area contributed by atoms with Crippen molar-refractivity contribution in [3.63, 3.8) is 0 Å². The van der Waals surface area contributed by atoms with Gasteiger partial charge in [0, 0.05) is 0 Å². The van der Waals surface area contributed by atoms with Crippen molar-refractivity contribution in [2.45, 2.75) is 0 Å². The van der Waals surface area contributed by atoms with Gasteiger partial charge in [0.1, 0.15) is 12.1 Å². The lowest BCUT2D eigenvalue weighted by atomic mass is 10.3. The highest BCUT2D eigenvalue weighted by Crippen LogP contribution is 2.18. The quantitative estimate of drug-likeness (QED) is 0.832. The molecular formula is C10H7FN2O3. The van der Waals surface area contributed by atoms with Gasteiger partial charge in [0.15, 0.2) is 5.69 Å². The van der Waals surface area contributed by atoms with E-state index in [1.165, 1.54) is 12.1 Å². The number of oxazole rings is 1. The van der Waals surface area contributed by atoms with E-state index in [1.54, 1.807) is 12.1 Å². The Morgan fingerprint density at radius 1 is 1.44 bits per heavy atom. The van der Waals surface area contributed by atoms with E-state index in [4.69, 9.17) is 9.52 Å². The summed E-state index contributed by atoms with van der Waals surface area (Å²) in [7, 11) is 0. The van der Waals surface area contributed by atoms with E-state index in [2.05, 4.69) is 10.3 Å². The van der Waals surface area contributed by atoms with Crippen molar-refractivity contribution in [3.05, 3.63) is 42.0 Å². The van der Waals surface area contributed by atoms with Crippen molar-refractivity contribution < 1.29 is 18.7 Å². The molecule has 0 atom stereocenters. The molecule has 0 aliphatic carbocycles. The molecule has 1 aromatic carbocycles. The zero-order valence-corrected chi connectivity index (χ0v) is 7.98. The first-order chi connectivity index (χ1) is 7.66. The zero-order valence-electron chi connectivity index (χ0n) is 7.98. The van der Waals surface area contributed by atoms with E-state index < -0.39 is 11.8 Å². The molecule has 2 rings (SSSR count). The van der Waals surface area contributed by atoms with Gasteiger partial charge >= 0.3 is 5.97 Å². The van der Waals surface area contributed by atoms with Crippen LogP contribution in [0.3, 0.4) is 0 Å². The molecule has 0 fully saturated rings. The van der Waals surface area contributed by atoms with Crippen molar-refractivity contribution in [3.8, 4) is 0 Å². The van der Waals surface area contributed by atoms with Crippen molar-refractivity contribution in [1.29, 1.82) is 0 Å². The molecule has 0 spiro atoms. The van der Waals surface area contributed by atoms with Gasteiger partial charge in [-0.05, 0) is 12.1 Å². The fourth-order valence-corrected chi connectivity index (χ4v) is 1.11. The highest BCUT2D eigenvalue weighted by atomic mass is 19.1.